The van der Waals surface area contributed by atoms with Crippen LogP contribution >= 0.6 is 0 Å². The zero-order valence-electron chi connectivity index (χ0n) is 39.8. The Bertz CT molecular complexity index is 3650. The number of aryl methyl sites for hydroxylation is 1. The van der Waals surface area contributed by atoms with Crippen molar-refractivity contribution >= 4 is 53.2 Å². The van der Waals surface area contributed by atoms with Crippen LogP contribution in [0.5, 0.6) is 57.5 Å². The van der Waals surface area contributed by atoms with Gasteiger partial charge >= 0.3 is 0 Å². The van der Waals surface area contributed by atoms with Gasteiger partial charge in [0.25, 0.3) is 20.0 Å². The van der Waals surface area contributed by atoms with Crippen molar-refractivity contribution in [1.82, 2.24) is 9.97 Å². The van der Waals surface area contributed by atoms with Gasteiger partial charge in [-0.1, -0.05) is 37.3 Å². The number of fused-ring (bicyclic) bond motifs is 2. The van der Waals surface area contributed by atoms with Crippen LogP contribution in [0.3, 0.4) is 0 Å². The number of anilines is 2. The maximum Gasteiger partial charge on any atom is 0.261 e. The highest BCUT2D eigenvalue weighted by molar-refractivity contribution is 7.93. The van der Waals surface area contributed by atoms with Crippen molar-refractivity contribution < 1.29 is 58.8 Å². The molecule has 73 heavy (non-hydrogen) atoms. The molecule has 19 heteroatoms. The molecule has 0 aliphatic heterocycles. The highest BCUT2D eigenvalue weighted by Crippen LogP contribution is 2.39. The van der Waals surface area contributed by atoms with Crippen LogP contribution in [0.4, 0.5) is 20.2 Å². The monoisotopic (exact) mass is 1030 g/mol. The average Bonchev–Trinajstić information content (AvgIpc) is 3.40. The third-order valence-corrected chi connectivity index (χ3v) is 13.8. The Balaban J connectivity index is 0.000000197. The number of methoxy groups -OCH3 is 4. The molecule has 0 unspecified atom stereocenters. The first-order valence-electron chi connectivity index (χ1n) is 22.1. The van der Waals surface area contributed by atoms with Crippen molar-refractivity contribution in [2.75, 3.05) is 37.9 Å². The number of benzene rings is 7. The smallest absolute Gasteiger partial charge is 0.261 e. The van der Waals surface area contributed by atoms with Gasteiger partial charge in [0.15, 0.2) is 34.6 Å². The number of halogens is 2. The third kappa shape index (κ3) is 11.9. The van der Waals surface area contributed by atoms with Crippen molar-refractivity contribution in [3.05, 3.63) is 181 Å². The SMILES string of the molecule is CCc1ccc(S(=O)(=O)Nc2ccc(Oc3ccnc4cc(OC)c(OC)cc34)cc2F)cc1.COc1cc2nccc(Oc3ccc(NS(=O)(=O)c4ccc(Oc5ccccc5)cc4)c(F)c3)c2cc1OC. The lowest BCUT2D eigenvalue weighted by molar-refractivity contribution is 0.355. The molecule has 0 radical (unpaired) electrons. The first kappa shape index (κ1) is 50.7. The van der Waals surface area contributed by atoms with Gasteiger partial charge < -0.3 is 33.2 Å². The van der Waals surface area contributed by atoms with Gasteiger partial charge in [-0.25, -0.2) is 25.6 Å². The molecule has 0 bridgehead atoms. The van der Waals surface area contributed by atoms with E-state index in [0.29, 0.717) is 67.8 Å². The summed E-state index contributed by atoms with van der Waals surface area (Å²) in [7, 11) is -1.91. The van der Waals surface area contributed by atoms with E-state index in [-0.39, 0.29) is 32.7 Å². The number of sulfonamides is 2. The number of pyridine rings is 2. The summed E-state index contributed by atoms with van der Waals surface area (Å²) in [5.74, 6) is 2.70. The predicted octanol–water partition coefficient (Wildman–Crippen LogP) is 12.3. The van der Waals surface area contributed by atoms with Gasteiger partial charge in [-0.3, -0.25) is 19.4 Å². The number of hydrogen-bond donors (Lipinski definition) is 2. The molecule has 0 aliphatic carbocycles. The Morgan fingerprint density at radius 3 is 1.25 bits per heavy atom. The number of nitrogens with zero attached hydrogens (tertiary/aromatic N) is 2. The molecule has 374 valence electrons. The van der Waals surface area contributed by atoms with Crippen molar-refractivity contribution in [1.29, 1.82) is 0 Å². The molecule has 0 amide bonds. The molecule has 0 aliphatic rings. The van der Waals surface area contributed by atoms with Gasteiger partial charge in [-0.2, -0.15) is 0 Å². The van der Waals surface area contributed by atoms with Gasteiger partial charge in [0.1, 0.15) is 34.5 Å². The first-order valence-corrected chi connectivity index (χ1v) is 25.1. The van der Waals surface area contributed by atoms with Crippen LogP contribution in [0.1, 0.15) is 12.5 Å². The number of rotatable bonds is 17. The number of ether oxygens (including phenoxy) is 7. The van der Waals surface area contributed by atoms with E-state index in [1.165, 1.54) is 89.1 Å². The molecule has 7 aromatic carbocycles. The zero-order chi connectivity index (χ0) is 51.7. The van der Waals surface area contributed by atoms with Crippen molar-refractivity contribution in [3.63, 3.8) is 0 Å². The number of nitrogens with one attached hydrogen (secondary N) is 2. The number of aromatic nitrogens is 2. The normalized spacial score (nSPS) is 11.2. The highest BCUT2D eigenvalue weighted by Gasteiger charge is 2.20. The van der Waals surface area contributed by atoms with Gasteiger partial charge in [-0.05, 0) is 109 Å². The minimum atomic E-state index is -4.06. The van der Waals surface area contributed by atoms with Crippen LogP contribution in [0.2, 0.25) is 0 Å². The van der Waals surface area contributed by atoms with Crippen LogP contribution in [0.25, 0.3) is 21.8 Å². The van der Waals surface area contributed by atoms with Gasteiger partial charge in [-0.15, -0.1) is 0 Å². The minimum Gasteiger partial charge on any atom is -0.493 e. The summed E-state index contributed by atoms with van der Waals surface area (Å²) in [6.45, 7) is 1.98. The molecular formula is C54H46F2N4O11S2. The van der Waals surface area contributed by atoms with Crippen molar-refractivity contribution in [3.8, 4) is 57.5 Å². The number of para-hydroxylation sites is 1. The molecule has 2 heterocycles. The molecule has 15 nitrogen and oxygen atoms in total. The molecule has 0 saturated carbocycles. The van der Waals surface area contributed by atoms with E-state index >= 15 is 0 Å². The van der Waals surface area contributed by atoms with Crippen molar-refractivity contribution in [2.24, 2.45) is 0 Å². The molecular weight excluding hydrogens is 983 g/mol. The predicted molar refractivity (Wildman–Crippen MR) is 273 cm³/mol. The Kier molecular flexibility index (Phi) is 15.4. The van der Waals surface area contributed by atoms with Crippen molar-refractivity contribution in [2.45, 2.75) is 23.1 Å². The lowest BCUT2D eigenvalue weighted by Crippen LogP contribution is -2.14. The van der Waals surface area contributed by atoms with Crippen LogP contribution in [0, 0.1) is 11.6 Å². The topological polar surface area (TPSA) is 183 Å². The molecule has 0 atom stereocenters. The summed E-state index contributed by atoms with van der Waals surface area (Å²) in [6, 6.07) is 39.3. The molecule has 0 fully saturated rings. The zero-order valence-corrected chi connectivity index (χ0v) is 41.4. The summed E-state index contributed by atoms with van der Waals surface area (Å²) >= 11 is 0. The summed E-state index contributed by atoms with van der Waals surface area (Å²) in [4.78, 5) is 8.64. The molecule has 9 aromatic rings. The molecule has 0 saturated heterocycles. The average molecular weight is 1030 g/mol. The van der Waals surface area contributed by atoms with Gasteiger partial charge in [0, 0.05) is 47.4 Å². The highest BCUT2D eigenvalue weighted by atomic mass is 32.2. The molecule has 2 N–H and O–H groups in total. The second-order valence-electron chi connectivity index (χ2n) is 15.6. The van der Waals surface area contributed by atoms with Crippen LogP contribution in [0.15, 0.2) is 174 Å². The van der Waals surface area contributed by atoms with E-state index in [9.17, 15) is 25.6 Å². The van der Waals surface area contributed by atoms with E-state index in [2.05, 4.69) is 19.4 Å². The summed E-state index contributed by atoms with van der Waals surface area (Å²) in [6.07, 6.45) is 3.90. The van der Waals surface area contributed by atoms with E-state index in [1.807, 2.05) is 25.1 Å². The summed E-state index contributed by atoms with van der Waals surface area (Å²) in [5.41, 5.74) is 1.80. The Hall–Kier alpha value is -8.68. The maximum absolute atomic E-state index is 15.0. The number of hydrogen-bond acceptors (Lipinski definition) is 13. The van der Waals surface area contributed by atoms with Gasteiger partial charge in [0.05, 0.1) is 60.6 Å². The Morgan fingerprint density at radius 1 is 0.438 bits per heavy atom. The third-order valence-electron chi connectivity index (χ3n) is 11.0. The summed E-state index contributed by atoms with van der Waals surface area (Å²) in [5, 5.41) is 1.26. The fraction of sp³-hybridized carbons (Fsp3) is 0.111. The van der Waals surface area contributed by atoms with Crippen LogP contribution in [-0.2, 0) is 26.5 Å². The lowest BCUT2D eigenvalue weighted by atomic mass is 10.2. The quantitative estimate of drug-likeness (QED) is 0.0879. The fourth-order valence-electron chi connectivity index (χ4n) is 7.23. The second-order valence-corrected chi connectivity index (χ2v) is 19.0. The van der Waals surface area contributed by atoms with Gasteiger partial charge in [0.2, 0.25) is 0 Å². The standard InChI is InChI=1S/C29H23FN2O6S.C25H23FN2O5S/c1-35-28-17-23-26(18-29(28)36-2)31-15-14-27(23)38-21-10-13-25(24(30)16-21)32-39(33,34)22-11-8-20(9-12-22)37-19-6-4-3-5-7-19;1-4-16-5-8-18(9-6-16)34(29,30)28-21-10-7-17(13-20(21)26)33-23-11-12-27-22-15-25(32-3)24(31-2)14-19(22)23/h3-18,32H,1-2H3;5-15,28H,4H2,1-3H3. The maximum atomic E-state index is 15.0. The van der Waals surface area contributed by atoms with E-state index in [1.54, 1.807) is 73.1 Å². The molecule has 0 spiro atoms. The Morgan fingerprint density at radius 2 is 0.836 bits per heavy atom. The van der Waals surface area contributed by atoms with Crippen LogP contribution < -0.4 is 42.6 Å². The lowest BCUT2D eigenvalue weighted by Gasteiger charge is -2.13. The largest absolute Gasteiger partial charge is 0.493 e. The molecule has 9 rings (SSSR count). The Labute approximate surface area is 420 Å². The van der Waals surface area contributed by atoms with E-state index < -0.39 is 31.7 Å². The first-order chi connectivity index (χ1) is 35.2. The van der Waals surface area contributed by atoms with E-state index in [4.69, 9.17) is 33.2 Å². The fourth-order valence-corrected chi connectivity index (χ4v) is 9.37. The summed E-state index contributed by atoms with van der Waals surface area (Å²) < 4.78 is 124. The second kappa shape index (κ2) is 22.2. The van der Waals surface area contributed by atoms with E-state index in [0.717, 1.165) is 24.1 Å². The van der Waals surface area contributed by atoms with Crippen LogP contribution in [-0.4, -0.2) is 55.2 Å². The molecule has 2 aromatic heterocycles. The minimum absolute atomic E-state index is 0.0460.